The third-order valence-electron chi connectivity index (χ3n) is 4.13. The molecule has 0 aliphatic carbocycles. The highest BCUT2D eigenvalue weighted by molar-refractivity contribution is 6.36. The van der Waals surface area contributed by atoms with Gasteiger partial charge in [-0.15, -0.1) is 0 Å². The van der Waals surface area contributed by atoms with E-state index in [1.165, 1.54) is 31.3 Å². The van der Waals surface area contributed by atoms with Crippen molar-refractivity contribution in [3.8, 4) is 5.75 Å². The predicted molar refractivity (Wildman–Crippen MR) is 101 cm³/mol. The predicted octanol–water partition coefficient (Wildman–Crippen LogP) is 3.68. The van der Waals surface area contributed by atoms with Crippen molar-refractivity contribution in [1.82, 2.24) is 4.90 Å². The van der Waals surface area contributed by atoms with Crippen LogP contribution in [0, 0.1) is 11.7 Å². The third-order valence-corrected chi connectivity index (χ3v) is 4.13. The van der Waals surface area contributed by atoms with Crippen LogP contribution in [0.15, 0.2) is 54.2 Å². The highest BCUT2D eigenvalue weighted by Gasteiger charge is 2.36. The molecule has 6 heteroatoms. The van der Waals surface area contributed by atoms with E-state index in [4.69, 9.17) is 4.74 Å². The first-order chi connectivity index (χ1) is 12.9. The molecule has 2 aromatic rings. The maximum Gasteiger partial charge on any atom is 0.277 e. The molecule has 1 heterocycles. The molecule has 0 unspecified atom stereocenters. The molecule has 0 saturated carbocycles. The zero-order valence-electron chi connectivity index (χ0n) is 15.5. The lowest BCUT2D eigenvalue weighted by atomic mass is 10.0. The van der Waals surface area contributed by atoms with Crippen molar-refractivity contribution in [2.75, 3.05) is 19.0 Å². The van der Waals surface area contributed by atoms with Crippen molar-refractivity contribution in [3.63, 3.8) is 0 Å². The molecule has 3 rings (SSSR count). The van der Waals surface area contributed by atoms with Crippen LogP contribution in [0.25, 0.3) is 5.57 Å². The van der Waals surface area contributed by atoms with Crippen LogP contribution in [0.4, 0.5) is 10.1 Å². The minimum absolute atomic E-state index is 0.171. The van der Waals surface area contributed by atoms with Gasteiger partial charge in [0, 0.05) is 12.7 Å². The van der Waals surface area contributed by atoms with Gasteiger partial charge in [-0.1, -0.05) is 26.0 Å². The summed E-state index contributed by atoms with van der Waals surface area (Å²) in [6.45, 7) is 4.72. The fourth-order valence-electron chi connectivity index (χ4n) is 2.68. The largest absolute Gasteiger partial charge is 0.493 e. The van der Waals surface area contributed by atoms with Gasteiger partial charge in [0.1, 0.15) is 17.3 Å². The number of halogens is 1. The number of nitrogens with one attached hydrogen (secondary N) is 1. The van der Waals surface area contributed by atoms with Crippen LogP contribution < -0.4 is 10.1 Å². The maximum atomic E-state index is 13.1. The summed E-state index contributed by atoms with van der Waals surface area (Å²) >= 11 is 0. The summed E-state index contributed by atoms with van der Waals surface area (Å²) in [6, 6.07) is 12.6. The number of imide groups is 1. The van der Waals surface area contributed by atoms with E-state index in [0.29, 0.717) is 29.5 Å². The number of rotatable bonds is 6. The van der Waals surface area contributed by atoms with Crippen molar-refractivity contribution in [3.05, 3.63) is 65.6 Å². The summed E-state index contributed by atoms with van der Waals surface area (Å²) < 4.78 is 18.8. The highest BCUT2D eigenvalue weighted by Crippen LogP contribution is 2.30. The summed E-state index contributed by atoms with van der Waals surface area (Å²) in [7, 11) is 1.43. The molecule has 0 fully saturated rings. The number of hydrogen-bond acceptors (Lipinski definition) is 4. The number of likely N-dealkylation sites (N-methyl/N-ethyl adjacent to an activating group) is 1. The van der Waals surface area contributed by atoms with Crippen molar-refractivity contribution in [1.29, 1.82) is 0 Å². The zero-order valence-corrected chi connectivity index (χ0v) is 15.5. The molecular formula is C21H21FN2O3. The molecule has 0 bridgehead atoms. The van der Waals surface area contributed by atoms with Crippen molar-refractivity contribution < 1.29 is 18.7 Å². The van der Waals surface area contributed by atoms with Gasteiger partial charge in [-0.2, -0.15) is 0 Å². The molecule has 140 valence electrons. The number of carbonyl (C=O) groups excluding carboxylic acids is 2. The van der Waals surface area contributed by atoms with Gasteiger partial charge >= 0.3 is 0 Å². The molecule has 2 amide bonds. The van der Waals surface area contributed by atoms with Crippen molar-refractivity contribution in [2.45, 2.75) is 13.8 Å². The smallest absolute Gasteiger partial charge is 0.277 e. The van der Waals surface area contributed by atoms with E-state index in [1.807, 2.05) is 0 Å². The summed E-state index contributed by atoms with van der Waals surface area (Å²) in [4.78, 5) is 26.1. The monoisotopic (exact) mass is 368 g/mol. The Bertz CT molecular complexity index is 887. The molecular weight excluding hydrogens is 347 g/mol. The van der Waals surface area contributed by atoms with Crippen molar-refractivity contribution >= 4 is 23.1 Å². The number of amides is 2. The van der Waals surface area contributed by atoms with Crippen LogP contribution in [0.5, 0.6) is 5.75 Å². The van der Waals surface area contributed by atoms with Crippen LogP contribution in [0.2, 0.25) is 0 Å². The first-order valence-corrected chi connectivity index (χ1v) is 8.69. The molecule has 0 spiro atoms. The van der Waals surface area contributed by atoms with E-state index in [9.17, 15) is 14.0 Å². The Hall–Kier alpha value is -3.15. The number of ether oxygens (including phenoxy) is 1. The van der Waals surface area contributed by atoms with E-state index in [1.54, 1.807) is 24.3 Å². The Balaban J connectivity index is 1.92. The Morgan fingerprint density at radius 2 is 1.63 bits per heavy atom. The summed E-state index contributed by atoms with van der Waals surface area (Å²) in [5, 5.41) is 2.95. The van der Waals surface area contributed by atoms with E-state index >= 15 is 0 Å². The standard InChI is InChI=1S/C21H21FN2O3/c1-13(2)12-27-17-10-4-14(5-11-17)18-19(21(26)24(3)20(18)25)23-16-8-6-15(22)7-9-16/h4-11,13,23H,12H2,1-3H3. The Kier molecular flexibility index (Phi) is 5.26. The van der Waals surface area contributed by atoms with Gasteiger partial charge in [0.15, 0.2) is 0 Å². The van der Waals surface area contributed by atoms with Crippen LogP contribution in [0.1, 0.15) is 19.4 Å². The minimum atomic E-state index is -0.431. The number of nitrogens with zero attached hydrogens (tertiary/aromatic N) is 1. The number of anilines is 1. The second-order valence-corrected chi connectivity index (χ2v) is 6.78. The summed E-state index contributed by atoms with van der Waals surface area (Å²) in [5.74, 6) is -0.0922. The number of carbonyl (C=O) groups is 2. The maximum absolute atomic E-state index is 13.1. The Morgan fingerprint density at radius 3 is 2.22 bits per heavy atom. The molecule has 5 nitrogen and oxygen atoms in total. The molecule has 1 N–H and O–H groups in total. The lowest BCUT2D eigenvalue weighted by Crippen LogP contribution is -2.27. The van der Waals surface area contributed by atoms with Crippen LogP contribution in [-0.2, 0) is 9.59 Å². The topological polar surface area (TPSA) is 58.6 Å². The van der Waals surface area contributed by atoms with Crippen molar-refractivity contribution in [2.24, 2.45) is 5.92 Å². The van der Waals surface area contributed by atoms with Gasteiger partial charge in [0.2, 0.25) is 0 Å². The van der Waals surface area contributed by atoms with Gasteiger partial charge in [-0.05, 0) is 47.9 Å². The van der Waals surface area contributed by atoms with E-state index in [2.05, 4.69) is 19.2 Å². The molecule has 1 aliphatic rings. The normalized spacial score (nSPS) is 14.3. The second-order valence-electron chi connectivity index (χ2n) is 6.78. The van der Waals surface area contributed by atoms with Gasteiger partial charge in [-0.25, -0.2) is 4.39 Å². The molecule has 1 aliphatic heterocycles. The number of benzene rings is 2. The van der Waals surface area contributed by atoms with E-state index in [-0.39, 0.29) is 23.0 Å². The first kappa shape index (κ1) is 18.6. The molecule has 0 saturated heterocycles. The fourth-order valence-corrected chi connectivity index (χ4v) is 2.68. The number of hydrogen-bond donors (Lipinski definition) is 1. The molecule has 0 aromatic heterocycles. The third kappa shape index (κ3) is 4.00. The lowest BCUT2D eigenvalue weighted by molar-refractivity contribution is -0.135. The van der Waals surface area contributed by atoms with Crippen LogP contribution in [0.3, 0.4) is 0 Å². The summed E-state index contributed by atoms with van der Waals surface area (Å²) in [5.41, 5.74) is 1.59. The van der Waals surface area contributed by atoms with Gasteiger partial charge in [-0.3, -0.25) is 14.5 Å². The first-order valence-electron chi connectivity index (χ1n) is 8.69. The molecule has 2 aromatic carbocycles. The average Bonchev–Trinajstić information content (AvgIpc) is 2.86. The van der Waals surface area contributed by atoms with Crippen LogP contribution in [-0.4, -0.2) is 30.4 Å². The van der Waals surface area contributed by atoms with Crippen LogP contribution >= 0.6 is 0 Å². The van der Waals surface area contributed by atoms with E-state index < -0.39 is 5.91 Å². The van der Waals surface area contributed by atoms with Gasteiger partial charge in [0.05, 0.1) is 12.2 Å². The quantitative estimate of drug-likeness (QED) is 0.790. The zero-order chi connectivity index (χ0) is 19.6. The second kappa shape index (κ2) is 7.61. The fraction of sp³-hybridized carbons (Fsp3) is 0.238. The Labute approximate surface area is 157 Å². The summed E-state index contributed by atoms with van der Waals surface area (Å²) in [6.07, 6.45) is 0. The lowest BCUT2D eigenvalue weighted by Gasteiger charge is -2.10. The Morgan fingerprint density at radius 1 is 1.00 bits per heavy atom. The molecule has 27 heavy (non-hydrogen) atoms. The molecule has 0 radical (unpaired) electrons. The average molecular weight is 368 g/mol. The van der Waals surface area contributed by atoms with E-state index in [0.717, 1.165) is 4.90 Å². The highest BCUT2D eigenvalue weighted by atomic mass is 19.1. The van der Waals surface area contributed by atoms with Gasteiger partial charge < -0.3 is 10.1 Å². The minimum Gasteiger partial charge on any atom is -0.493 e. The SMILES string of the molecule is CC(C)COc1ccc(C2=C(Nc3ccc(F)cc3)C(=O)N(C)C2=O)cc1. The van der Waals surface area contributed by atoms with Gasteiger partial charge in [0.25, 0.3) is 11.8 Å². The molecule has 0 atom stereocenters.